The Morgan fingerprint density at radius 1 is 1.22 bits per heavy atom. The van der Waals surface area contributed by atoms with Crippen molar-refractivity contribution < 1.29 is 0 Å². The predicted molar refractivity (Wildman–Crippen MR) is 79.2 cm³/mol. The van der Waals surface area contributed by atoms with Crippen LogP contribution in [0.4, 0.5) is 0 Å². The second-order valence-electron chi connectivity index (χ2n) is 6.17. The molecule has 100 valence electrons. The summed E-state index contributed by atoms with van der Waals surface area (Å²) in [6, 6.07) is 7.05. The minimum absolute atomic E-state index is 0.410. The topological polar surface area (TPSA) is 12.0 Å². The van der Waals surface area contributed by atoms with Gasteiger partial charge in [-0.15, -0.1) is 0 Å². The van der Waals surface area contributed by atoms with Crippen molar-refractivity contribution in [2.75, 3.05) is 13.6 Å². The van der Waals surface area contributed by atoms with E-state index in [0.717, 1.165) is 12.5 Å². The van der Waals surface area contributed by atoms with E-state index in [4.69, 9.17) is 0 Å². The van der Waals surface area contributed by atoms with E-state index in [0.29, 0.717) is 5.41 Å². The molecule has 18 heavy (non-hydrogen) atoms. The van der Waals surface area contributed by atoms with Crippen molar-refractivity contribution in [3.63, 3.8) is 0 Å². The summed E-state index contributed by atoms with van der Waals surface area (Å²) in [7, 11) is 2.08. The largest absolute Gasteiger partial charge is 0.319 e. The van der Waals surface area contributed by atoms with Gasteiger partial charge in [-0.25, -0.2) is 0 Å². The Kier molecular flexibility index (Phi) is 4.11. The minimum Gasteiger partial charge on any atom is -0.319 e. The Bertz CT molecular complexity index is 402. The van der Waals surface area contributed by atoms with Gasteiger partial charge in [-0.2, -0.15) is 0 Å². The van der Waals surface area contributed by atoms with Gasteiger partial charge >= 0.3 is 0 Å². The maximum atomic E-state index is 3.41. The van der Waals surface area contributed by atoms with Gasteiger partial charge in [0.25, 0.3) is 0 Å². The first-order valence-electron chi connectivity index (χ1n) is 7.33. The maximum Gasteiger partial charge on any atom is 0.00830 e. The van der Waals surface area contributed by atoms with Crippen LogP contribution in [0.15, 0.2) is 18.2 Å². The average Bonchev–Trinajstić information content (AvgIpc) is 2.30. The fourth-order valence-corrected chi connectivity index (χ4v) is 3.55. The third-order valence-electron chi connectivity index (χ3n) is 4.69. The molecule has 0 heterocycles. The molecule has 0 bridgehead atoms. The summed E-state index contributed by atoms with van der Waals surface area (Å²) in [6.07, 6.45) is 5.46. The summed E-state index contributed by atoms with van der Waals surface area (Å²) in [5.74, 6) is 0.949. The number of rotatable bonds is 5. The lowest BCUT2D eigenvalue weighted by Gasteiger charge is -2.49. The molecule has 0 amide bonds. The van der Waals surface area contributed by atoms with Crippen LogP contribution in [0.5, 0.6) is 0 Å². The van der Waals surface area contributed by atoms with Crippen molar-refractivity contribution in [1.82, 2.24) is 5.32 Å². The molecule has 0 aromatic heterocycles. The van der Waals surface area contributed by atoms with Gasteiger partial charge in [0.15, 0.2) is 0 Å². The Balaban J connectivity index is 2.18. The molecule has 1 aromatic rings. The number of nitrogens with one attached hydrogen (secondary N) is 1. The number of hydrogen-bond acceptors (Lipinski definition) is 1. The zero-order valence-electron chi connectivity index (χ0n) is 12.3. The van der Waals surface area contributed by atoms with Crippen LogP contribution in [0.1, 0.15) is 49.3 Å². The molecule has 2 rings (SSSR count). The first-order valence-corrected chi connectivity index (χ1v) is 7.33. The summed E-state index contributed by atoms with van der Waals surface area (Å²) in [5, 5.41) is 3.41. The van der Waals surface area contributed by atoms with Crippen molar-refractivity contribution in [2.24, 2.45) is 5.92 Å². The van der Waals surface area contributed by atoms with E-state index < -0.39 is 0 Å². The van der Waals surface area contributed by atoms with Gasteiger partial charge in [0, 0.05) is 12.0 Å². The lowest BCUT2D eigenvalue weighted by molar-refractivity contribution is 0.131. The van der Waals surface area contributed by atoms with E-state index in [-0.39, 0.29) is 0 Å². The van der Waals surface area contributed by atoms with Gasteiger partial charge in [0.1, 0.15) is 0 Å². The summed E-state index contributed by atoms with van der Waals surface area (Å²) in [6.45, 7) is 7.85. The summed E-state index contributed by atoms with van der Waals surface area (Å²) < 4.78 is 0. The highest BCUT2D eigenvalue weighted by Gasteiger charge is 2.44. The van der Waals surface area contributed by atoms with Crippen LogP contribution >= 0.6 is 0 Å². The second-order valence-corrected chi connectivity index (χ2v) is 6.17. The van der Waals surface area contributed by atoms with Gasteiger partial charge in [-0.3, -0.25) is 0 Å². The van der Waals surface area contributed by atoms with E-state index >= 15 is 0 Å². The number of benzene rings is 1. The Labute approximate surface area is 112 Å². The van der Waals surface area contributed by atoms with E-state index in [2.05, 4.69) is 51.3 Å². The fraction of sp³-hybridized carbons (Fsp3) is 0.647. The Morgan fingerprint density at radius 3 is 2.50 bits per heavy atom. The molecular weight excluding hydrogens is 218 g/mol. The SMILES string of the molecule is CCCC1CC(CNC)(c2ccc(C)c(C)c2)C1. The van der Waals surface area contributed by atoms with Gasteiger partial charge < -0.3 is 5.32 Å². The molecule has 1 heteroatoms. The predicted octanol–water partition coefficient (Wildman–Crippen LogP) is 3.97. The molecule has 0 spiro atoms. The molecule has 1 aromatic carbocycles. The van der Waals surface area contributed by atoms with Crippen molar-refractivity contribution in [2.45, 2.75) is 51.9 Å². The van der Waals surface area contributed by atoms with E-state index in [1.165, 1.54) is 36.8 Å². The summed E-state index contributed by atoms with van der Waals surface area (Å²) in [5.41, 5.74) is 4.80. The molecule has 0 aliphatic heterocycles. The van der Waals surface area contributed by atoms with Crippen LogP contribution in [-0.2, 0) is 5.41 Å². The normalized spacial score (nSPS) is 27.0. The highest BCUT2D eigenvalue weighted by atomic mass is 14.8. The molecule has 1 aliphatic rings. The lowest BCUT2D eigenvalue weighted by Crippen LogP contribution is -2.48. The van der Waals surface area contributed by atoms with E-state index in [1.807, 2.05) is 0 Å². The fourth-order valence-electron chi connectivity index (χ4n) is 3.55. The molecule has 0 atom stereocenters. The van der Waals surface area contributed by atoms with Crippen molar-refractivity contribution in [3.05, 3.63) is 34.9 Å². The summed E-state index contributed by atoms with van der Waals surface area (Å²) >= 11 is 0. The van der Waals surface area contributed by atoms with Gasteiger partial charge in [0.2, 0.25) is 0 Å². The third-order valence-corrected chi connectivity index (χ3v) is 4.69. The number of likely N-dealkylation sites (N-methyl/N-ethyl adjacent to an activating group) is 1. The van der Waals surface area contributed by atoms with Gasteiger partial charge in [0.05, 0.1) is 0 Å². The van der Waals surface area contributed by atoms with Crippen LogP contribution < -0.4 is 5.32 Å². The van der Waals surface area contributed by atoms with Crippen molar-refractivity contribution in [1.29, 1.82) is 0 Å². The molecule has 1 fully saturated rings. The van der Waals surface area contributed by atoms with Crippen LogP contribution in [0.3, 0.4) is 0 Å². The van der Waals surface area contributed by atoms with Crippen LogP contribution in [0, 0.1) is 19.8 Å². The maximum absolute atomic E-state index is 3.41. The molecule has 1 saturated carbocycles. The minimum atomic E-state index is 0.410. The van der Waals surface area contributed by atoms with Gasteiger partial charge in [-0.1, -0.05) is 38.0 Å². The monoisotopic (exact) mass is 245 g/mol. The van der Waals surface area contributed by atoms with E-state index in [1.54, 1.807) is 5.56 Å². The Hall–Kier alpha value is -0.820. The zero-order chi connectivity index (χ0) is 13.2. The molecule has 1 aliphatic carbocycles. The highest BCUT2D eigenvalue weighted by molar-refractivity contribution is 5.37. The van der Waals surface area contributed by atoms with Crippen molar-refractivity contribution >= 4 is 0 Å². The van der Waals surface area contributed by atoms with Crippen molar-refractivity contribution in [3.8, 4) is 0 Å². The standard InChI is InChI=1S/C17H27N/c1-5-6-15-10-17(11-15,12-18-4)16-8-7-13(2)14(3)9-16/h7-9,15,18H,5-6,10-12H2,1-4H3. The highest BCUT2D eigenvalue weighted by Crippen LogP contribution is 2.49. The smallest absolute Gasteiger partial charge is 0.00830 e. The molecule has 0 saturated heterocycles. The average molecular weight is 245 g/mol. The van der Waals surface area contributed by atoms with Crippen LogP contribution in [0.25, 0.3) is 0 Å². The molecule has 1 N–H and O–H groups in total. The lowest BCUT2D eigenvalue weighted by atomic mass is 9.57. The van der Waals surface area contributed by atoms with Gasteiger partial charge in [-0.05, 0) is 56.3 Å². The molecular formula is C17H27N. The van der Waals surface area contributed by atoms with Crippen LogP contribution in [-0.4, -0.2) is 13.6 Å². The quantitative estimate of drug-likeness (QED) is 0.827. The first-order chi connectivity index (χ1) is 8.61. The number of hydrogen-bond donors (Lipinski definition) is 1. The Morgan fingerprint density at radius 2 is 1.94 bits per heavy atom. The number of aryl methyl sites for hydroxylation is 2. The molecule has 0 radical (unpaired) electrons. The summed E-state index contributed by atoms with van der Waals surface area (Å²) in [4.78, 5) is 0. The van der Waals surface area contributed by atoms with E-state index in [9.17, 15) is 0 Å². The zero-order valence-corrected chi connectivity index (χ0v) is 12.3. The third kappa shape index (κ3) is 2.47. The molecule has 1 nitrogen and oxygen atoms in total. The first kappa shape index (κ1) is 13.6. The second kappa shape index (κ2) is 5.44. The van der Waals surface area contributed by atoms with Crippen LogP contribution in [0.2, 0.25) is 0 Å². The molecule has 0 unspecified atom stereocenters.